The number of benzene rings is 2. The van der Waals surface area contributed by atoms with E-state index in [1.54, 1.807) is 6.20 Å². The quantitative estimate of drug-likeness (QED) is 0.463. The monoisotopic (exact) mass is 382 g/mol. The minimum absolute atomic E-state index is 0.00618. The van der Waals surface area contributed by atoms with Gasteiger partial charge in [0.25, 0.3) is 0 Å². The highest BCUT2D eigenvalue weighted by Crippen LogP contribution is 2.32. The van der Waals surface area contributed by atoms with Crippen LogP contribution in [-0.2, 0) is 6.42 Å². The van der Waals surface area contributed by atoms with Crippen molar-refractivity contribution in [3.05, 3.63) is 59.5 Å². The molecule has 0 saturated carbocycles. The lowest BCUT2D eigenvalue weighted by atomic mass is 9.90. The molecule has 0 spiro atoms. The summed E-state index contributed by atoms with van der Waals surface area (Å²) < 4.78 is 13.0. The maximum atomic E-state index is 13.0. The van der Waals surface area contributed by atoms with Crippen LogP contribution in [0.1, 0.15) is 28.8 Å². The van der Waals surface area contributed by atoms with Crippen LogP contribution in [0.4, 0.5) is 4.39 Å². The Kier molecular flexibility index (Phi) is 5.05. The summed E-state index contributed by atoms with van der Waals surface area (Å²) in [6, 6.07) is 9.53. The van der Waals surface area contributed by atoms with E-state index >= 15 is 0 Å². The van der Waals surface area contributed by atoms with Gasteiger partial charge in [0.2, 0.25) is 0 Å². The fourth-order valence-corrected chi connectivity index (χ4v) is 3.97. The molecule has 2 aromatic carbocycles. The molecule has 1 saturated heterocycles. The number of aromatic hydroxyl groups is 2. The topological polar surface area (TPSA) is 76.6 Å². The van der Waals surface area contributed by atoms with Gasteiger partial charge in [0, 0.05) is 23.2 Å². The highest BCUT2D eigenvalue weighted by Gasteiger charge is 2.23. The maximum Gasteiger partial charge on any atom is 0.178 e. The Balaban J connectivity index is 1.35. The van der Waals surface area contributed by atoms with Gasteiger partial charge >= 0.3 is 0 Å². The van der Waals surface area contributed by atoms with Crippen LogP contribution in [0.15, 0.2) is 42.6 Å². The predicted molar refractivity (Wildman–Crippen MR) is 105 cm³/mol. The average molecular weight is 382 g/mol. The number of carbonyl (C=O) groups excluding carboxylic acids is 1. The minimum Gasteiger partial charge on any atom is -0.504 e. The van der Waals surface area contributed by atoms with E-state index in [2.05, 4.69) is 9.88 Å². The number of phenolic OH excluding ortho intramolecular Hbond substituents is 2. The molecular weight excluding hydrogens is 359 g/mol. The second kappa shape index (κ2) is 7.64. The van der Waals surface area contributed by atoms with E-state index < -0.39 is 0 Å². The van der Waals surface area contributed by atoms with E-state index in [-0.39, 0.29) is 23.1 Å². The van der Waals surface area contributed by atoms with Gasteiger partial charge in [-0.2, -0.15) is 0 Å². The van der Waals surface area contributed by atoms with E-state index in [0.717, 1.165) is 37.9 Å². The van der Waals surface area contributed by atoms with E-state index in [4.69, 9.17) is 0 Å². The molecule has 0 atom stereocenters. The van der Waals surface area contributed by atoms with E-state index in [0.29, 0.717) is 28.9 Å². The number of hydrogen-bond acceptors (Lipinski definition) is 4. The molecule has 1 aliphatic rings. The Hall–Kier alpha value is -2.86. The number of halogens is 1. The van der Waals surface area contributed by atoms with Crippen LogP contribution >= 0.6 is 0 Å². The summed E-state index contributed by atoms with van der Waals surface area (Å²) in [6.45, 7) is 2.04. The van der Waals surface area contributed by atoms with Crippen LogP contribution in [0.3, 0.4) is 0 Å². The second-order valence-electron chi connectivity index (χ2n) is 7.56. The maximum absolute atomic E-state index is 13.0. The molecular formula is C22H23FN2O3. The number of aromatic nitrogens is 1. The number of likely N-dealkylation sites (tertiary alicyclic amines) is 1. The molecule has 2 heterocycles. The van der Waals surface area contributed by atoms with Crippen LogP contribution in [0.5, 0.6) is 11.5 Å². The number of carbonyl (C=O) groups is 1. The molecule has 0 radical (unpaired) electrons. The lowest BCUT2D eigenvalue weighted by molar-refractivity contribution is 0.0897. The Bertz CT molecular complexity index is 989. The van der Waals surface area contributed by atoms with Crippen molar-refractivity contribution < 1.29 is 19.4 Å². The third-order valence-corrected chi connectivity index (χ3v) is 5.59. The zero-order chi connectivity index (χ0) is 19.7. The van der Waals surface area contributed by atoms with Gasteiger partial charge in [0.1, 0.15) is 5.82 Å². The average Bonchev–Trinajstić information content (AvgIpc) is 3.08. The van der Waals surface area contributed by atoms with Crippen molar-refractivity contribution in [3.63, 3.8) is 0 Å². The van der Waals surface area contributed by atoms with Gasteiger partial charge in [-0.1, -0.05) is 12.1 Å². The van der Waals surface area contributed by atoms with E-state index in [1.165, 1.54) is 24.3 Å². The van der Waals surface area contributed by atoms with Crippen molar-refractivity contribution in [2.24, 2.45) is 5.92 Å². The van der Waals surface area contributed by atoms with Gasteiger partial charge in [-0.05, 0) is 62.0 Å². The molecule has 1 fully saturated rings. The normalized spacial score (nSPS) is 15.9. The van der Waals surface area contributed by atoms with Gasteiger partial charge in [-0.3, -0.25) is 9.69 Å². The second-order valence-corrected chi connectivity index (χ2v) is 7.56. The molecule has 1 aliphatic heterocycles. The lowest BCUT2D eigenvalue weighted by Crippen LogP contribution is -2.37. The third kappa shape index (κ3) is 3.87. The first-order chi connectivity index (χ1) is 13.5. The summed E-state index contributed by atoms with van der Waals surface area (Å²) in [4.78, 5) is 17.9. The zero-order valence-corrected chi connectivity index (χ0v) is 15.5. The first kappa shape index (κ1) is 18.5. The summed E-state index contributed by atoms with van der Waals surface area (Å²) in [5, 5.41) is 19.9. The first-order valence-corrected chi connectivity index (χ1v) is 9.52. The molecule has 4 rings (SSSR count). The summed E-state index contributed by atoms with van der Waals surface area (Å²) in [6.07, 6.45) is 4.58. The molecule has 3 N–H and O–H groups in total. The molecule has 0 amide bonds. The molecule has 1 aromatic heterocycles. The number of nitrogens with one attached hydrogen (secondary N) is 1. The molecule has 0 bridgehead atoms. The number of aromatic amines is 1. The summed E-state index contributed by atoms with van der Waals surface area (Å²) in [5.74, 6) is -0.115. The van der Waals surface area contributed by atoms with Crippen LogP contribution < -0.4 is 0 Å². The van der Waals surface area contributed by atoms with Crippen LogP contribution in [0.2, 0.25) is 0 Å². The van der Waals surface area contributed by atoms with Crippen LogP contribution in [0.25, 0.3) is 10.9 Å². The summed E-state index contributed by atoms with van der Waals surface area (Å²) in [7, 11) is 0. The predicted octanol–water partition coefficient (Wildman–Crippen LogP) is 3.86. The van der Waals surface area contributed by atoms with Crippen molar-refractivity contribution in [3.8, 4) is 11.5 Å². The Morgan fingerprint density at radius 1 is 1.11 bits per heavy atom. The number of fused-ring (bicyclic) bond motifs is 1. The molecule has 146 valence electrons. The molecule has 28 heavy (non-hydrogen) atoms. The first-order valence-electron chi connectivity index (χ1n) is 9.52. The molecule has 5 nitrogen and oxygen atoms in total. The van der Waals surface area contributed by atoms with Gasteiger partial charge in [-0.25, -0.2) is 4.39 Å². The number of piperidine rings is 1. The highest BCUT2D eigenvalue weighted by molar-refractivity contribution is 6.09. The Morgan fingerprint density at radius 3 is 2.50 bits per heavy atom. The summed E-state index contributed by atoms with van der Waals surface area (Å²) in [5.41, 5.74) is 2.30. The van der Waals surface area contributed by atoms with Gasteiger partial charge < -0.3 is 15.2 Å². The number of rotatable bonds is 5. The Labute approximate surface area is 162 Å². The smallest absolute Gasteiger partial charge is 0.178 e. The standard InChI is InChI=1S/C22H23FN2O3/c23-16-3-1-14(2-4-16)9-15-5-7-25(8-6-15)13-22(28)18-12-24-19-11-21(27)20(26)10-17(18)19/h1-4,10-12,15,24,26-27H,5-9,13H2. The molecule has 6 heteroatoms. The van der Waals surface area contributed by atoms with Gasteiger partial charge in [0.05, 0.1) is 12.1 Å². The van der Waals surface area contributed by atoms with Gasteiger partial charge in [0.15, 0.2) is 17.3 Å². The van der Waals surface area contributed by atoms with E-state index in [1.807, 2.05) is 12.1 Å². The number of H-pyrrole nitrogens is 1. The SMILES string of the molecule is O=C(CN1CCC(Cc2ccc(F)cc2)CC1)c1c[nH]c2cc(O)c(O)cc12. The largest absolute Gasteiger partial charge is 0.504 e. The molecule has 0 unspecified atom stereocenters. The van der Waals surface area contributed by atoms with Crippen molar-refractivity contribution in [1.82, 2.24) is 9.88 Å². The van der Waals surface area contributed by atoms with Gasteiger partial charge in [-0.15, -0.1) is 0 Å². The zero-order valence-electron chi connectivity index (χ0n) is 15.5. The number of phenols is 2. The third-order valence-electron chi connectivity index (χ3n) is 5.59. The van der Waals surface area contributed by atoms with Crippen molar-refractivity contribution in [2.75, 3.05) is 19.6 Å². The van der Waals surface area contributed by atoms with Crippen molar-refractivity contribution >= 4 is 16.7 Å². The van der Waals surface area contributed by atoms with E-state index in [9.17, 15) is 19.4 Å². The number of nitrogens with zero attached hydrogens (tertiary/aromatic N) is 1. The minimum atomic E-state index is -0.234. The highest BCUT2D eigenvalue weighted by atomic mass is 19.1. The van der Waals surface area contributed by atoms with Crippen LogP contribution in [0, 0.1) is 11.7 Å². The number of hydrogen-bond donors (Lipinski definition) is 3. The lowest BCUT2D eigenvalue weighted by Gasteiger charge is -2.31. The molecule has 0 aliphatic carbocycles. The number of Topliss-reactive ketones (excluding diaryl/α,β-unsaturated/α-hetero) is 1. The van der Waals surface area contributed by atoms with Crippen molar-refractivity contribution in [1.29, 1.82) is 0 Å². The fraction of sp³-hybridized carbons (Fsp3) is 0.318. The fourth-order valence-electron chi connectivity index (χ4n) is 3.97. The summed E-state index contributed by atoms with van der Waals surface area (Å²) >= 11 is 0. The Morgan fingerprint density at radius 2 is 1.79 bits per heavy atom. The van der Waals surface area contributed by atoms with Crippen molar-refractivity contribution in [2.45, 2.75) is 19.3 Å². The molecule has 3 aromatic rings. The number of ketones is 1. The van der Waals surface area contributed by atoms with Crippen LogP contribution in [-0.4, -0.2) is 45.5 Å².